The predicted molar refractivity (Wildman–Crippen MR) is 128 cm³/mol. The molecular weight excluding hydrogens is 400 g/mol. The number of nitrogens with zero attached hydrogens (tertiary/aromatic N) is 3. The van der Waals surface area contributed by atoms with E-state index in [4.69, 9.17) is 0 Å². The lowest BCUT2D eigenvalue weighted by Gasteiger charge is -2.35. The molecule has 2 heterocycles. The molecule has 1 N–H and O–H groups in total. The zero-order chi connectivity index (χ0) is 22.3. The molecule has 3 aromatic rings. The summed E-state index contributed by atoms with van der Waals surface area (Å²) in [6, 6.07) is 21.1. The summed E-state index contributed by atoms with van der Waals surface area (Å²) < 4.78 is 0. The van der Waals surface area contributed by atoms with Gasteiger partial charge in [-0.1, -0.05) is 48.5 Å². The van der Waals surface area contributed by atoms with Gasteiger partial charge in [-0.15, -0.1) is 0 Å². The second-order valence-electron chi connectivity index (χ2n) is 7.73. The van der Waals surface area contributed by atoms with Gasteiger partial charge < -0.3 is 15.1 Å². The van der Waals surface area contributed by atoms with Crippen molar-refractivity contribution >= 4 is 29.4 Å². The molecule has 6 heteroatoms. The zero-order valence-electron chi connectivity index (χ0n) is 18.1. The van der Waals surface area contributed by atoms with Crippen LogP contribution in [0, 0.1) is 6.92 Å². The average Bonchev–Trinajstić information content (AvgIpc) is 2.84. The smallest absolute Gasteiger partial charge is 0.254 e. The minimum absolute atomic E-state index is 0.0809. The van der Waals surface area contributed by atoms with Crippen LogP contribution in [0.1, 0.15) is 21.5 Å². The molecule has 0 atom stereocenters. The fourth-order valence-corrected chi connectivity index (χ4v) is 3.69. The third-order valence-electron chi connectivity index (χ3n) is 5.51. The minimum Gasteiger partial charge on any atom is -0.353 e. The van der Waals surface area contributed by atoms with E-state index in [2.05, 4.69) is 15.2 Å². The number of anilines is 2. The molecule has 0 unspecified atom stereocenters. The highest BCUT2D eigenvalue weighted by Gasteiger charge is 2.23. The van der Waals surface area contributed by atoms with Gasteiger partial charge in [0.05, 0.1) is 11.9 Å². The number of rotatable bonds is 5. The molecule has 0 bridgehead atoms. The number of hydrogen-bond acceptors (Lipinski definition) is 4. The van der Waals surface area contributed by atoms with Gasteiger partial charge in [0.15, 0.2) is 0 Å². The third kappa shape index (κ3) is 5.21. The molecule has 1 aliphatic rings. The lowest BCUT2D eigenvalue weighted by Crippen LogP contribution is -2.49. The summed E-state index contributed by atoms with van der Waals surface area (Å²) in [6.07, 6.45) is 4.94. The number of carbonyl (C=O) groups excluding carboxylic acids is 2. The number of hydrogen-bond donors (Lipinski definition) is 1. The Kier molecular flexibility index (Phi) is 6.60. The number of aromatic nitrogens is 1. The van der Waals surface area contributed by atoms with Crippen molar-refractivity contribution in [2.45, 2.75) is 6.92 Å². The molecule has 1 fully saturated rings. The molecular formula is C26H26N4O2. The van der Waals surface area contributed by atoms with Crippen LogP contribution in [0.5, 0.6) is 0 Å². The molecule has 0 saturated carbocycles. The first kappa shape index (κ1) is 21.3. The van der Waals surface area contributed by atoms with E-state index in [1.54, 1.807) is 12.3 Å². The molecule has 1 aromatic heterocycles. The largest absolute Gasteiger partial charge is 0.353 e. The summed E-state index contributed by atoms with van der Waals surface area (Å²) in [5, 5.41) is 2.83. The molecule has 0 aliphatic carbocycles. The Bertz CT molecular complexity index is 1100. The van der Waals surface area contributed by atoms with Crippen LogP contribution in [0.3, 0.4) is 0 Å². The van der Waals surface area contributed by atoms with Crippen LogP contribution in [0.2, 0.25) is 0 Å². The summed E-state index contributed by atoms with van der Waals surface area (Å²) in [4.78, 5) is 33.5. The highest BCUT2D eigenvalue weighted by atomic mass is 16.2. The number of nitrogens with one attached hydrogen (secondary N) is 1. The first-order valence-corrected chi connectivity index (χ1v) is 10.7. The Morgan fingerprint density at radius 2 is 1.62 bits per heavy atom. The molecule has 1 aliphatic heterocycles. The van der Waals surface area contributed by atoms with Crippen LogP contribution in [-0.2, 0) is 4.79 Å². The SMILES string of the molecule is Cc1ccccc1C(=O)N1CCN(c2ccc(NC(=O)/C=C/c3ccccc3)cn2)CC1. The van der Waals surface area contributed by atoms with Crippen molar-refractivity contribution in [3.05, 3.63) is 95.7 Å². The van der Waals surface area contributed by atoms with Gasteiger partial charge in [0.1, 0.15) is 5.82 Å². The van der Waals surface area contributed by atoms with E-state index in [1.165, 1.54) is 6.08 Å². The highest BCUT2D eigenvalue weighted by Crippen LogP contribution is 2.18. The van der Waals surface area contributed by atoms with Crippen molar-refractivity contribution in [1.82, 2.24) is 9.88 Å². The van der Waals surface area contributed by atoms with Gasteiger partial charge in [-0.2, -0.15) is 0 Å². The van der Waals surface area contributed by atoms with Crippen molar-refractivity contribution in [2.24, 2.45) is 0 Å². The van der Waals surface area contributed by atoms with Crippen molar-refractivity contribution in [2.75, 3.05) is 36.4 Å². The average molecular weight is 427 g/mol. The van der Waals surface area contributed by atoms with E-state index in [0.717, 1.165) is 35.6 Å². The fraction of sp³-hybridized carbons (Fsp3) is 0.192. The standard InChI is InChI=1S/C26H26N4O2/c1-20-7-5-6-10-23(20)26(32)30-17-15-29(16-18-30)24-13-12-22(19-27-24)28-25(31)14-11-21-8-3-2-4-9-21/h2-14,19H,15-18H2,1H3,(H,28,31)/b14-11+. The zero-order valence-corrected chi connectivity index (χ0v) is 18.1. The molecule has 6 nitrogen and oxygen atoms in total. The minimum atomic E-state index is -0.202. The number of benzene rings is 2. The van der Waals surface area contributed by atoms with Gasteiger partial charge in [0.25, 0.3) is 5.91 Å². The lowest BCUT2D eigenvalue weighted by atomic mass is 10.1. The van der Waals surface area contributed by atoms with E-state index >= 15 is 0 Å². The van der Waals surface area contributed by atoms with Gasteiger partial charge in [-0.25, -0.2) is 4.98 Å². The molecule has 4 rings (SSSR count). The maximum atomic E-state index is 12.8. The fourth-order valence-electron chi connectivity index (χ4n) is 3.69. The molecule has 162 valence electrons. The van der Waals surface area contributed by atoms with E-state index in [1.807, 2.05) is 78.6 Å². The second-order valence-corrected chi connectivity index (χ2v) is 7.73. The van der Waals surface area contributed by atoms with Crippen LogP contribution in [0.25, 0.3) is 6.08 Å². The maximum absolute atomic E-state index is 12.8. The molecule has 0 radical (unpaired) electrons. The van der Waals surface area contributed by atoms with Gasteiger partial charge >= 0.3 is 0 Å². The highest BCUT2D eigenvalue weighted by molar-refractivity contribution is 6.01. The molecule has 2 amide bonds. The van der Waals surface area contributed by atoms with Crippen molar-refractivity contribution in [3.63, 3.8) is 0 Å². The van der Waals surface area contributed by atoms with Crippen molar-refractivity contribution < 1.29 is 9.59 Å². The van der Waals surface area contributed by atoms with Gasteiger partial charge in [0.2, 0.25) is 5.91 Å². The summed E-state index contributed by atoms with van der Waals surface area (Å²) >= 11 is 0. The summed E-state index contributed by atoms with van der Waals surface area (Å²) in [5.41, 5.74) is 3.37. The van der Waals surface area contributed by atoms with Crippen LogP contribution in [-0.4, -0.2) is 47.9 Å². The van der Waals surface area contributed by atoms with Crippen LogP contribution in [0.4, 0.5) is 11.5 Å². The first-order valence-electron chi connectivity index (χ1n) is 10.7. The topological polar surface area (TPSA) is 65.5 Å². The third-order valence-corrected chi connectivity index (χ3v) is 5.51. The Labute approximate surface area is 188 Å². The molecule has 2 aromatic carbocycles. The Hall–Kier alpha value is -3.93. The summed E-state index contributed by atoms with van der Waals surface area (Å²) in [6.45, 7) is 4.70. The Morgan fingerprint density at radius 1 is 0.906 bits per heavy atom. The van der Waals surface area contributed by atoms with Crippen molar-refractivity contribution in [1.29, 1.82) is 0 Å². The van der Waals surface area contributed by atoms with Gasteiger partial charge in [-0.05, 0) is 42.3 Å². The number of piperazine rings is 1. The lowest BCUT2D eigenvalue weighted by molar-refractivity contribution is -0.111. The summed E-state index contributed by atoms with van der Waals surface area (Å²) in [5.74, 6) is 0.717. The van der Waals surface area contributed by atoms with E-state index < -0.39 is 0 Å². The summed E-state index contributed by atoms with van der Waals surface area (Å²) in [7, 11) is 0. The molecule has 1 saturated heterocycles. The number of pyridine rings is 1. The quantitative estimate of drug-likeness (QED) is 0.626. The number of carbonyl (C=O) groups is 2. The number of amides is 2. The van der Waals surface area contributed by atoms with Gasteiger partial charge in [-0.3, -0.25) is 9.59 Å². The predicted octanol–water partition coefficient (Wildman–Crippen LogP) is 4.00. The monoisotopic (exact) mass is 426 g/mol. The Balaban J connectivity index is 1.30. The van der Waals surface area contributed by atoms with Crippen LogP contribution in [0.15, 0.2) is 79.0 Å². The van der Waals surface area contributed by atoms with Crippen LogP contribution < -0.4 is 10.2 Å². The van der Waals surface area contributed by atoms with Gasteiger partial charge in [0, 0.05) is 37.8 Å². The van der Waals surface area contributed by atoms with Crippen molar-refractivity contribution in [3.8, 4) is 0 Å². The molecule has 0 spiro atoms. The Morgan fingerprint density at radius 3 is 2.31 bits per heavy atom. The van der Waals surface area contributed by atoms with E-state index in [9.17, 15) is 9.59 Å². The maximum Gasteiger partial charge on any atom is 0.254 e. The van der Waals surface area contributed by atoms with Crippen LogP contribution >= 0.6 is 0 Å². The number of aryl methyl sites for hydroxylation is 1. The normalized spacial score (nSPS) is 13.9. The first-order chi connectivity index (χ1) is 15.6. The second kappa shape index (κ2) is 9.92. The van der Waals surface area contributed by atoms with E-state index in [0.29, 0.717) is 18.8 Å². The molecule has 32 heavy (non-hydrogen) atoms. The van der Waals surface area contributed by atoms with E-state index in [-0.39, 0.29) is 11.8 Å².